The molecule has 5 rings (SSSR count). The summed E-state index contributed by atoms with van der Waals surface area (Å²) in [6.07, 6.45) is -4.73. The Morgan fingerprint density at radius 1 is 0.972 bits per heavy atom. The first kappa shape index (κ1) is 23.1. The number of aromatic nitrogens is 2. The predicted molar refractivity (Wildman–Crippen MR) is 127 cm³/mol. The molecule has 36 heavy (non-hydrogen) atoms. The standard InChI is InChI=1S/C25H18F3N5O3/c26-25(27,28)24-31-18-6-2-4-8-20(18)33(24)14-21(34)29-16-11-9-15(10-12-16)23(36)32-13-22(35)30-17-5-1-3-7-19(17)32/h1-12H,13-14H2,(H,29,34)(H,30,35). The van der Waals surface area contributed by atoms with Gasteiger partial charge in [-0.05, 0) is 48.5 Å². The molecule has 0 atom stereocenters. The molecule has 0 aliphatic carbocycles. The minimum absolute atomic E-state index is 0.133. The zero-order valence-corrected chi connectivity index (χ0v) is 18.5. The summed E-state index contributed by atoms with van der Waals surface area (Å²) in [5.41, 5.74) is 1.98. The van der Waals surface area contributed by atoms with Crippen molar-refractivity contribution in [2.45, 2.75) is 12.7 Å². The van der Waals surface area contributed by atoms with Crippen LogP contribution in [0.2, 0.25) is 0 Å². The molecule has 0 bridgehead atoms. The summed E-state index contributed by atoms with van der Waals surface area (Å²) in [5.74, 6) is -2.58. The second kappa shape index (κ2) is 8.84. The van der Waals surface area contributed by atoms with Gasteiger partial charge in [0.05, 0.1) is 22.4 Å². The third-order valence-corrected chi connectivity index (χ3v) is 5.64. The van der Waals surface area contributed by atoms with Crippen molar-refractivity contribution in [3.05, 3.63) is 84.2 Å². The Morgan fingerprint density at radius 3 is 2.42 bits per heavy atom. The van der Waals surface area contributed by atoms with E-state index in [0.29, 0.717) is 17.1 Å². The molecule has 0 fully saturated rings. The highest BCUT2D eigenvalue weighted by molar-refractivity contribution is 6.15. The summed E-state index contributed by atoms with van der Waals surface area (Å²) < 4.78 is 41.3. The van der Waals surface area contributed by atoms with Crippen LogP contribution in [0.25, 0.3) is 11.0 Å². The number of hydrogen-bond donors (Lipinski definition) is 2. The van der Waals surface area contributed by atoms with Crippen molar-refractivity contribution < 1.29 is 27.6 Å². The van der Waals surface area contributed by atoms with Gasteiger partial charge in [0.15, 0.2) is 0 Å². The minimum atomic E-state index is -4.73. The number of anilines is 3. The number of alkyl halides is 3. The number of imidazole rings is 1. The fourth-order valence-electron chi connectivity index (χ4n) is 4.06. The molecule has 182 valence electrons. The lowest BCUT2D eigenvalue weighted by atomic mass is 10.1. The summed E-state index contributed by atoms with van der Waals surface area (Å²) in [6, 6.07) is 18.8. The first-order valence-corrected chi connectivity index (χ1v) is 10.8. The van der Waals surface area contributed by atoms with Crippen molar-refractivity contribution in [3.8, 4) is 0 Å². The van der Waals surface area contributed by atoms with E-state index in [-0.39, 0.29) is 29.0 Å². The van der Waals surface area contributed by atoms with E-state index in [1.54, 1.807) is 36.4 Å². The van der Waals surface area contributed by atoms with E-state index in [2.05, 4.69) is 15.6 Å². The Bertz CT molecular complexity index is 1500. The third-order valence-electron chi connectivity index (χ3n) is 5.64. The molecule has 1 aromatic heterocycles. The lowest BCUT2D eigenvalue weighted by Crippen LogP contribution is -2.42. The SMILES string of the molecule is O=C(Cn1c(C(F)(F)F)nc2ccccc21)Nc1ccc(C(=O)N2CC(=O)Nc3ccccc32)cc1. The molecule has 3 aromatic carbocycles. The molecule has 4 aromatic rings. The Balaban J connectivity index is 1.32. The van der Waals surface area contributed by atoms with Crippen LogP contribution >= 0.6 is 0 Å². The summed E-state index contributed by atoms with van der Waals surface area (Å²) >= 11 is 0. The average molecular weight is 493 g/mol. The first-order chi connectivity index (χ1) is 17.2. The van der Waals surface area contributed by atoms with Gasteiger partial charge in [0, 0.05) is 11.3 Å². The largest absolute Gasteiger partial charge is 0.449 e. The van der Waals surface area contributed by atoms with E-state index in [0.717, 1.165) is 4.57 Å². The van der Waals surface area contributed by atoms with Gasteiger partial charge in [0.25, 0.3) is 5.91 Å². The highest BCUT2D eigenvalue weighted by Gasteiger charge is 2.38. The Morgan fingerprint density at radius 2 is 1.67 bits per heavy atom. The smallest absolute Gasteiger partial charge is 0.325 e. The van der Waals surface area contributed by atoms with Crippen LogP contribution in [0.5, 0.6) is 0 Å². The third kappa shape index (κ3) is 4.38. The second-order valence-electron chi connectivity index (χ2n) is 8.09. The van der Waals surface area contributed by atoms with E-state index < -0.39 is 30.4 Å². The molecule has 0 spiro atoms. The van der Waals surface area contributed by atoms with Gasteiger partial charge in [-0.1, -0.05) is 24.3 Å². The number of carbonyl (C=O) groups excluding carboxylic acids is 3. The minimum Gasteiger partial charge on any atom is -0.325 e. The summed E-state index contributed by atoms with van der Waals surface area (Å²) in [5, 5.41) is 5.26. The molecule has 2 N–H and O–H groups in total. The lowest BCUT2D eigenvalue weighted by Gasteiger charge is -2.29. The van der Waals surface area contributed by atoms with Crippen molar-refractivity contribution in [1.29, 1.82) is 0 Å². The number of nitrogens with zero attached hydrogens (tertiary/aromatic N) is 3. The van der Waals surface area contributed by atoms with Gasteiger partial charge in [0.2, 0.25) is 17.6 Å². The molecule has 0 unspecified atom stereocenters. The number of rotatable bonds is 4. The van der Waals surface area contributed by atoms with Crippen molar-refractivity contribution in [2.75, 3.05) is 22.1 Å². The zero-order chi connectivity index (χ0) is 25.4. The monoisotopic (exact) mass is 493 g/mol. The number of hydrogen-bond acceptors (Lipinski definition) is 4. The fraction of sp³-hybridized carbons (Fsp3) is 0.120. The molecule has 2 heterocycles. The molecule has 0 saturated carbocycles. The molecular weight excluding hydrogens is 475 g/mol. The molecule has 1 aliphatic heterocycles. The number of fused-ring (bicyclic) bond motifs is 2. The molecule has 1 aliphatic rings. The van der Waals surface area contributed by atoms with E-state index >= 15 is 0 Å². The molecule has 11 heteroatoms. The van der Waals surface area contributed by atoms with Crippen LogP contribution in [0, 0.1) is 0 Å². The quantitative estimate of drug-likeness (QED) is 0.443. The Kier molecular flexibility index (Phi) is 5.67. The maximum absolute atomic E-state index is 13.5. The normalized spacial score (nSPS) is 13.3. The molecule has 0 saturated heterocycles. The van der Waals surface area contributed by atoms with Gasteiger partial charge < -0.3 is 15.2 Å². The van der Waals surface area contributed by atoms with Crippen molar-refractivity contribution in [1.82, 2.24) is 9.55 Å². The number of amides is 3. The molecule has 3 amide bonds. The number of para-hydroxylation sites is 4. The van der Waals surface area contributed by atoms with Gasteiger partial charge in [-0.3, -0.25) is 19.3 Å². The number of carbonyl (C=O) groups is 3. The number of halogens is 3. The van der Waals surface area contributed by atoms with Crippen molar-refractivity contribution >= 4 is 45.8 Å². The van der Waals surface area contributed by atoms with E-state index in [1.165, 1.54) is 41.3 Å². The average Bonchev–Trinajstić information content (AvgIpc) is 3.22. The highest BCUT2D eigenvalue weighted by Crippen LogP contribution is 2.32. The highest BCUT2D eigenvalue weighted by atomic mass is 19.4. The van der Waals surface area contributed by atoms with Crippen LogP contribution in [-0.2, 0) is 22.3 Å². The molecule has 8 nitrogen and oxygen atoms in total. The number of nitrogens with one attached hydrogen (secondary N) is 2. The topological polar surface area (TPSA) is 96.3 Å². The van der Waals surface area contributed by atoms with Gasteiger partial charge in [-0.2, -0.15) is 13.2 Å². The first-order valence-electron chi connectivity index (χ1n) is 10.8. The Hall–Kier alpha value is -4.67. The van der Waals surface area contributed by atoms with E-state index in [9.17, 15) is 27.6 Å². The van der Waals surface area contributed by atoms with Crippen LogP contribution in [0.15, 0.2) is 72.8 Å². The zero-order valence-electron chi connectivity index (χ0n) is 18.5. The van der Waals surface area contributed by atoms with Crippen molar-refractivity contribution in [3.63, 3.8) is 0 Å². The maximum Gasteiger partial charge on any atom is 0.449 e. The van der Waals surface area contributed by atoms with Crippen LogP contribution in [0.4, 0.5) is 30.2 Å². The van der Waals surface area contributed by atoms with E-state index in [4.69, 9.17) is 0 Å². The van der Waals surface area contributed by atoms with E-state index in [1.807, 2.05) is 0 Å². The molecule has 0 radical (unpaired) electrons. The molecular formula is C25H18F3N5O3. The second-order valence-corrected chi connectivity index (χ2v) is 8.09. The lowest BCUT2D eigenvalue weighted by molar-refractivity contribution is -0.147. The Labute approximate surface area is 202 Å². The maximum atomic E-state index is 13.5. The predicted octanol–water partition coefficient (Wildman–Crippen LogP) is 4.29. The van der Waals surface area contributed by atoms with Gasteiger partial charge in [-0.25, -0.2) is 4.98 Å². The summed E-state index contributed by atoms with van der Waals surface area (Å²) in [4.78, 5) is 42.6. The van der Waals surface area contributed by atoms with Gasteiger partial charge >= 0.3 is 6.18 Å². The summed E-state index contributed by atoms with van der Waals surface area (Å²) in [7, 11) is 0. The van der Waals surface area contributed by atoms with Gasteiger partial charge in [0.1, 0.15) is 13.1 Å². The van der Waals surface area contributed by atoms with Crippen LogP contribution < -0.4 is 15.5 Å². The summed E-state index contributed by atoms with van der Waals surface area (Å²) in [6.45, 7) is -0.746. The van der Waals surface area contributed by atoms with Crippen LogP contribution in [-0.4, -0.2) is 33.8 Å². The van der Waals surface area contributed by atoms with Gasteiger partial charge in [-0.15, -0.1) is 0 Å². The fourth-order valence-corrected chi connectivity index (χ4v) is 4.06. The van der Waals surface area contributed by atoms with Crippen LogP contribution in [0.3, 0.4) is 0 Å². The number of benzene rings is 3. The van der Waals surface area contributed by atoms with Crippen LogP contribution in [0.1, 0.15) is 16.2 Å². The van der Waals surface area contributed by atoms with Crippen molar-refractivity contribution in [2.24, 2.45) is 0 Å².